The van der Waals surface area contributed by atoms with Crippen LogP contribution in [0.4, 0.5) is 0 Å². The summed E-state index contributed by atoms with van der Waals surface area (Å²) in [5, 5.41) is 0. The Morgan fingerprint density at radius 2 is 1.80 bits per heavy atom. The van der Waals surface area contributed by atoms with Crippen LogP contribution in [0.15, 0.2) is 53.7 Å². The number of nitrogens with zero attached hydrogens (tertiary/aromatic N) is 1. The summed E-state index contributed by atoms with van der Waals surface area (Å²) >= 11 is 0. The highest BCUT2D eigenvalue weighted by molar-refractivity contribution is 5.68. The minimum absolute atomic E-state index is 0.915. The number of piperidine rings is 1. The van der Waals surface area contributed by atoms with E-state index >= 15 is 0 Å². The smallest absolute Gasteiger partial charge is 0.133 e. The summed E-state index contributed by atoms with van der Waals surface area (Å²) in [6, 6.07) is 12.4. The molecule has 0 unspecified atom stereocenters. The van der Waals surface area contributed by atoms with E-state index in [0.717, 1.165) is 17.9 Å². The Bertz CT molecular complexity index is 548. The third-order valence-electron chi connectivity index (χ3n) is 3.96. The highest BCUT2D eigenvalue weighted by Gasteiger charge is 2.11. The number of furan rings is 1. The lowest BCUT2D eigenvalue weighted by Gasteiger charge is -2.27. The Balaban J connectivity index is 1.66. The Labute approximate surface area is 120 Å². The average Bonchev–Trinajstić information content (AvgIpc) is 3.03. The van der Waals surface area contributed by atoms with E-state index < -0.39 is 0 Å². The first-order valence-electron chi connectivity index (χ1n) is 7.37. The molecule has 0 spiro atoms. The molecule has 3 rings (SSSR count). The second-order valence-corrected chi connectivity index (χ2v) is 5.50. The van der Waals surface area contributed by atoms with Crippen LogP contribution in [-0.2, 0) is 0 Å². The van der Waals surface area contributed by atoms with E-state index in [9.17, 15) is 0 Å². The molecule has 0 radical (unpaired) electrons. The van der Waals surface area contributed by atoms with Crippen LogP contribution in [-0.4, -0.2) is 24.5 Å². The quantitative estimate of drug-likeness (QED) is 0.814. The van der Waals surface area contributed by atoms with E-state index in [1.165, 1.54) is 43.5 Å². The van der Waals surface area contributed by atoms with E-state index in [1.807, 2.05) is 12.1 Å². The van der Waals surface area contributed by atoms with Crippen LogP contribution in [0, 0.1) is 0 Å². The first-order chi connectivity index (χ1) is 9.83. The fourth-order valence-electron chi connectivity index (χ4n) is 2.79. The molecule has 0 N–H and O–H groups in total. The predicted octanol–water partition coefficient (Wildman–Crippen LogP) is 4.45. The standard InChI is InChI=1S/C18H21NO/c1-15(14-19-11-3-2-4-12-19)16-7-9-17(10-8-16)18-6-5-13-20-18/h5-10,13H,1-4,11-12,14H2. The van der Waals surface area contributed by atoms with Crippen molar-refractivity contribution in [2.45, 2.75) is 19.3 Å². The van der Waals surface area contributed by atoms with Gasteiger partial charge >= 0.3 is 0 Å². The minimum atomic E-state index is 0.915. The van der Waals surface area contributed by atoms with Gasteiger partial charge in [-0.05, 0) is 49.2 Å². The van der Waals surface area contributed by atoms with Crippen LogP contribution < -0.4 is 0 Å². The normalized spacial score (nSPS) is 16.2. The lowest BCUT2D eigenvalue weighted by molar-refractivity contribution is 0.255. The minimum Gasteiger partial charge on any atom is -0.464 e. The van der Waals surface area contributed by atoms with Gasteiger partial charge in [0, 0.05) is 12.1 Å². The van der Waals surface area contributed by atoms with Gasteiger partial charge < -0.3 is 4.42 Å². The summed E-state index contributed by atoms with van der Waals surface area (Å²) in [5.74, 6) is 0.915. The Hall–Kier alpha value is -1.80. The first kappa shape index (κ1) is 13.2. The largest absolute Gasteiger partial charge is 0.464 e. The van der Waals surface area contributed by atoms with Crippen molar-refractivity contribution in [3.63, 3.8) is 0 Å². The van der Waals surface area contributed by atoms with Gasteiger partial charge in [-0.25, -0.2) is 0 Å². The molecule has 1 aliphatic rings. The highest BCUT2D eigenvalue weighted by Crippen LogP contribution is 2.23. The zero-order valence-corrected chi connectivity index (χ0v) is 11.8. The molecule has 20 heavy (non-hydrogen) atoms. The molecular weight excluding hydrogens is 246 g/mol. The van der Waals surface area contributed by atoms with Gasteiger partial charge in [-0.1, -0.05) is 37.3 Å². The lowest BCUT2D eigenvalue weighted by atomic mass is 10.0. The van der Waals surface area contributed by atoms with Gasteiger partial charge in [-0.2, -0.15) is 0 Å². The molecule has 2 heteroatoms. The number of benzene rings is 1. The average molecular weight is 267 g/mol. The summed E-state index contributed by atoms with van der Waals surface area (Å²) in [7, 11) is 0. The van der Waals surface area contributed by atoms with Crippen LogP contribution >= 0.6 is 0 Å². The van der Waals surface area contributed by atoms with Crippen LogP contribution in [0.25, 0.3) is 16.9 Å². The maximum atomic E-state index is 5.41. The van der Waals surface area contributed by atoms with Crippen LogP contribution in [0.3, 0.4) is 0 Å². The topological polar surface area (TPSA) is 16.4 Å². The molecule has 0 bridgehead atoms. The SMILES string of the molecule is C=C(CN1CCCCC1)c1ccc(-c2ccco2)cc1. The van der Waals surface area contributed by atoms with Crippen molar-refractivity contribution in [3.05, 3.63) is 54.8 Å². The maximum absolute atomic E-state index is 5.41. The molecule has 1 fully saturated rings. The van der Waals surface area contributed by atoms with Crippen molar-refractivity contribution < 1.29 is 4.42 Å². The fraction of sp³-hybridized carbons (Fsp3) is 0.333. The van der Waals surface area contributed by atoms with Gasteiger partial charge in [-0.15, -0.1) is 0 Å². The van der Waals surface area contributed by atoms with Gasteiger partial charge in [0.15, 0.2) is 0 Å². The van der Waals surface area contributed by atoms with Crippen molar-refractivity contribution in [1.82, 2.24) is 4.90 Å². The molecule has 2 heterocycles. The monoisotopic (exact) mass is 267 g/mol. The Morgan fingerprint density at radius 3 is 2.45 bits per heavy atom. The molecule has 1 aromatic carbocycles. The van der Waals surface area contributed by atoms with Crippen molar-refractivity contribution in [3.8, 4) is 11.3 Å². The van der Waals surface area contributed by atoms with Crippen molar-refractivity contribution in [2.75, 3.05) is 19.6 Å². The van der Waals surface area contributed by atoms with E-state index in [4.69, 9.17) is 4.42 Å². The number of hydrogen-bond donors (Lipinski definition) is 0. The van der Waals surface area contributed by atoms with E-state index in [0.29, 0.717) is 0 Å². The molecule has 104 valence electrons. The van der Waals surface area contributed by atoms with E-state index in [1.54, 1.807) is 6.26 Å². The predicted molar refractivity (Wildman–Crippen MR) is 83.5 cm³/mol. The van der Waals surface area contributed by atoms with Crippen LogP contribution in [0.5, 0.6) is 0 Å². The summed E-state index contributed by atoms with van der Waals surface area (Å²) in [6.45, 7) is 7.66. The number of hydrogen-bond acceptors (Lipinski definition) is 2. The first-order valence-corrected chi connectivity index (χ1v) is 7.37. The van der Waals surface area contributed by atoms with Gasteiger partial charge in [0.25, 0.3) is 0 Å². The number of likely N-dealkylation sites (tertiary alicyclic amines) is 1. The molecule has 2 aromatic rings. The molecule has 0 amide bonds. The molecule has 2 nitrogen and oxygen atoms in total. The lowest BCUT2D eigenvalue weighted by Crippen LogP contribution is -2.30. The molecule has 0 atom stereocenters. The molecular formula is C18H21NO. The van der Waals surface area contributed by atoms with Crippen LogP contribution in [0.1, 0.15) is 24.8 Å². The molecule has 1 aliphatic heterocycles. The zero-order valence-electron chi connectivity index (χ0n) is 11.8. The molecule has 1 saturated heterocycles. The Kier molecular flexibility index (Phi) is 4.03. The third kappa shape index (κ3) is 3.02. The van der Waals surface area contributed by atoms with Gasteiger partial charge in [0.2, 0.25) is 0 Å². The summed E-state index contributed by atoms with van der Waals surface area (Å²) in [5.41, 5.74) is 3.55. The van der Waals surface area contributed by atoms with E-state index in [2.05, 4.69) is 35.7 Å². The summed E-state index contributed by atoms with van der Waals surface area (Å²) < 4.78 is 5.41. The molecule has 1 aromatic heterocycles. The highest BCUT2D eigenvalue weighted by atomic mass is 16.3. The summed E-state index contributed by atoms with van der Waals surface area (Å²) in [6.07, 6.45) is 5.73. The number of rotatable bonds is 4. The van der Waals surface area contributed by atoms with Crippen LogP contribution in [0.2, 0.25) is 0 Å². The van der Waals surface area contributed by atoms with Crippen molar-refractivity contribution in [1.29, 1.82) is 0 Å². The Morgan fingerprint density at radius 1 is 1.05 bits per heavy atom. The van der Waals surface area contributed by atoms with Gasteiger partial charge in [0.1, 0.15) is 5.76 Å². The molecule has 0 saturated carbocycles. The van der Waals surface area contributed by atoms with Crippen molar-refractivity contribution >= 4 is 5.57 Å². The zero-order chi connectivity index (χ0) is 13.8. The third-order valence-corrected chi connectivity index (χ3v) is 3.96. The second kappa shape index (κ2) is 6.10. The second-order valence-electron chi connectivity index (χ2n) is 5.50. The van der Waals surface area contributed by atoms with Crippen molar-refractivity contribution in [2.24, 2.45) is 0 Å². The van der Waals surface area contributed by atoms with Gasteiger partial charge in [-0.3, -0.25) is 4.90 Å². The van der Waals surface area contributed by atoms with E-state index in [-0.39, 0.29) is 0 Å². The molecule has 0 aliphatic carbocycles. The van der Waals surface area contributed by atoms with Gasteiger partial charge in [0.05, 0.1) is 6.26 Å². The maximum Gasteiger partial charge on any atom is 0.133 e. The fourth-order valence-corrected chi connectivity index (χ4v) is 2.79. The summed E-state index contributed by atoms with van der Waals surface area (Å²) in [4.78, 5) is 2.51.